The van der Waals surface area contributed by atoms with Crippen molar-refractivity contribution in [1.29, 1.82) is 0 Å². The van der Waals surface area contributed by atoms with Crippen molar-refractivity contribution in [3.05, 3.63) is 64.7 Å². The zero-order valence-electron chi connectivity index (χ0n) is 21.0. The SMILES string of the molecule is O=S(=O)(c1ccccc1)n1cc(-c2csc(C3CCCN3)n2)c2cc(C3CCC4(CC3)OCCO4)cnc21. The first-order valence-electron chi connectivity index (χ1n) is 13.3. The molecule has 1 saturated carbocycles. The third-order valence-electron chi connectivity index (χ3n) is 8.12. The van der Waals surface area contributed by atoms with E-state index in [9.17, 15) is 8.42 Å². The summed E-state index contributed by atoms with van der Waals surface area (Å²) in [6, 6.07) is 10.9. The van der Waals surface area contributed by atoms with Crippen molar-refractivity contribution in [3.63, 3.8) is 0 Å². The minimum atomic E-state index is -3.83. The van der Waals surface area contributed by atoms with Gasteiger partial charge < -0.3 is 14.8 Å². The number of pyridine rings is 1. The van der Waals surface area contributed by atoms with Gasteiger partial charge in [-0.1, -0.05) is 18.2 Å². The molecule has 4 aromatic rings. The second-order valence-corrected chi connectivity index (χ2v) is 13.1. The number of fused-ring (bicyclic) bond motifs is 1. The summed E-state index contributed by atoms with van der Waals surface area (Å²) in [5.41, 5.74) is 3.13. The van der Waals surface area contributed by atoms with E-state index in [0.29, 0.717) is 24.8 Å². The molecule has 2 saturated heterocycles. The summed E-state index contributed by atoms with van der Waals surface area (Å²) in [7, 11) is -3.83. The van der Waals surface area contributed by atoms with Crippen molar-refractivity contribution in [3.8, 4) is 11.3 Å². The van der Waals surface area contributed by atoms with Crippen LogP contribution in [0.4, 0.5) is 0 Å². The Bertz CT molecular complexity index is 1560. The van der Waals surface area contributed by atoms with Crippen molar-refractivity contribution >= 4 is 32.4 Å². The largest absolute Gasteiger partial charge is 0.348 e. The zero-order chi connectivity index (χ0) is 25.7. The maximum Gasteiger partial charge on any atom is 0.269 e. The molecule has 1 spiro atoms. The number of nitrogens with zero attached hydrogens (tertiary/aromatic N) is 3. The van der Waals surface area contributed by atoms with Crippen LogP contribution in [0.1, 0.15) is 61.1 Å². The van der Waals surface area contributed by atoms with E-state index in [1.54, 1.807) is 41.8 Å². The van der Waals surface area contributed by atoms with Crippen LogP contribution >= 0.6 is 11.3 Å². The molecular weight excluding hydrogens is 520 g/mol. The maximum absolute atomic E-state index is 13.7. The van der Waals surface area contributed by atoms with E-state index in [4.69, 9.17) is 19.4 Å². The van der Waals surface area contributed by atoms with E-state index in [1.807, 2.05) is 17.6 Å². The number of benzene rings is 1. The fourth-order valence-electron chi connectivity index (χ4n) is 6.06. The molecule has 1 N–H and O–H groups in total. The van der Waals surface area contributed by atoms with Gasteiger partial charge in [-0.25, -0.2) is 22.4 Å². The fourth-order valence-corrected chi connectivity index (χ4v) is 8.33. The summed E-state index contributed by atoms with van der Waals surface area (Å²) in [5.74, 6) is -0.0988. The average molecular weight is 551 g/mol. The molecule has 0 radical (unpaired) electrons. The van der Waals surface area contributed by atoms with Gasteiger partial charge in [-0.2, -0.15) is 0 Å². The zero-order valence-corrected chi connectivity index (χ0v) is 22.6. The van der Waals surface area contributed by atoms with Gasteiger partial charge in [0.05, 0.1) is 29.8 Å². The summed E-state index contributed by atoms with van der Waals surface area (Å²) in [6.45, 7) is 2.33. The smallest absolute Gasteiger partial charge is 0.269 e. The van der Waals surface area contributed by atoms with Gasteiger partial charge in [-0.15, -0.1) is 11.3 Å². The van der Waals surface area contributed by atoms with E-state index in [2.05, 4.69) is 11.4 Å². The van der Waals surface area contributed by atoms with Gasteiger partial charge >= 0.3 is 0 Å². The molecule has 3 aromatic heterocycles. The molecule has 1 unspecified atom stereocenters. The molecule has 8 nitrogen and oxygen atoms in total. The molecule has 38 heavy (non-hydrogen) atoms. The van der Waals surface area contributed by atoms with Gasteiger partial charge in [0.1, 0.15) is 5.01 Å². The summed E-state index contributed by atoms with van der Waals surface area (Å²) in [5, 5.41) is 7.41. The Kier molecular flexibility index (Phi) is 6.12. The van der Waals surface area contributed by atoms with Crippen molar-refractivity contribution in [2.75, 3.05) is 19.8 Å². The summed E-state index contributed by atoms with van der Waals surface area (Å²) in [4.78, 5) is 9.94. The highest BCUT2D eigenvalue weighted by Crippen LogP contribution is 2.43. The predicted molar refractivity (Wildman–Crippen MR) is 146 cm³/mol. The lowest BCUT2D eigenvalue weighted by Gasteiger charge is -2.35. The van der Waals surface area contributed by atoms with Gasteiger partial charge in [0, 0.05) is 41.6 Å². The molecule has 1 atom stereocenters. The number of nitrogens with one attached hydrogen (secondary N) is 1. The van der Waals surface area contributed by atoms with Gasteiger partial charge in [0.25, 0.3) is 10.0 Å². The van der Waals surface area contributed by atoms with Crippen LogP contribution in [-0.4, -0.2) is 47.9 Å². The Morgan fingerprint density at radius 1 is 1.08 bits per heavy atom. The molecule has 1 aromatic carbocycles. The second-order valence-electron chi connectivity index (χ2n) is 10.4. The van der Waals surface area contributed by atoms with Crippen molar-refractivity contribution in [1.82, 2.24) is 19.3 Å². The van der Waals surface area contributed by atoms with Crippen LogP contribution < -0.4 is 5.32 Å². The van der Waals surface area contributed by atoms with Crippen LogP contribution in [0.25, 0.3) is 22.3 Å². The molecule has 3 fully saturated rings. The molecule has 7 rings (SSSR count). The van der Waals surface area contributed by atoms with Gasteiger partial charge in [-0.05, 0) is 61.9 Å². The van der Waals surface area contributed by atoms with E-state index in [-0.39, 0.29) is 10.9 Å². The van der Waals surface area contributed by atoms with Crippen LogP contribution in [0.2, 0.25) is 0 Å². The van der Waals surface area contributed by atoms with Gasteiger partial charge in [0.2, 0.25) is 0 Å². The van der Waals surface area contributed by atoms with E-state index < -0.39 is 15.8 Å². The first-order valence-corrected chi connectivity index (χ1v) is 15.6. The summed E-state index contributed by atoms with van der Waals surface area (Å²) < 4.78 is 40.6. The second kappa shape index (κ2) is 9.53. The Hall–Kier alpha value is -2.63. The third kappa shape index (κ3) is 4.19. The third-order valence-corrected chi connectivity index (χ3v) is 10.7. The van der Waals surface area contributed by atoms with Crippen LogP contribution in [0.3, 0.4) is 0 Å². The van der Waals surface area contributed by atoms with E-state index in [1.165, 1.54) is 3.97 Å². The number of hydrogen-bond acceptors (Lipinski definition) is 8. The average Bonchev–Trinajstić information content (AvgIpc) is 3.76. The number of ether oxygens (including phenoxy) is 2. The molecule has 10 heteroatoms. The molecule has 1 aliphatic carbocycles. The molecule has 3 aliphatic rings. The standard InChI is InChI=1S/C28H30N4O4S2/c33-38(34,21-5-2-1-3-6-21)32-17-23(25-18-37-27(31-25)24-7-4-12-29-24)22-15-20(16-30-26(22)32)19-8-10-28(11-9-19)35-13-14-36-28/h1-3,5-6,15-19,24,29H,4,7-14H2. The van der Waals surface area contributed by atoms with Crippen molar-refractivity contribution < 1.29 is 17.9 Å². The normalized spacial score (nSPS) is 22.1. The minimum Gasteiger partial charge on any atom is -0.348 e. The molecular formula is C28H30N4O4S2. The lowest BCUT2D eigenvalue weighted by atomic mass is 9.81. The van der Waals surface area contributed by atoms with E-state index >= 15 is 0 Å². The van der Waals surface area contributed by atoms with Crippen molar-refractivity contribution in [2.45, 2.75) is 61.2 Å². The summed E-state index contributed by atoms with van der Waals surface area (Å²) >= 11 is 1.63. The highest BCUT2D eigenvalue weighted by Gasteiger charge is 2.40. The van der Waals surface area contributed by atoms with Crippen LogP contribution in [0.15, 0.2) is 59.1 Å². The first kappa shape index (κ1) is 24.4. The number of aromatic nitrogens is 3. The van der Waals surface area contributed by atoms with Crippen LogP contribution in [0.5, 0.6) is 0 Å². The highest BCUT2D eigenvalue weighted by molar-refractivity contribution is 7.90. The Morgan fingerprint density at radius 3 is 2.61 bits per heavy atom. The minimum absolute atomic E-state index is 0.234. The highest BCUT2D eigenvalue weighted by atomic mass is 32.2. The quantitative estimate of drug-likeness (QED) is 0.364. The van der Waals surface area contributed by atoms with Gasteiger partial charge in [-0.3, -0.25) is 0 Å². The number of thiazole rings is 1. The lowest BCUT2D eigenvalue weighted by Crippen LogP contribution is -2.34. The van der Waals surface area contributed by atoms with Crippen LogP contribution in [0, 0.1) is 0 Å². The Morgan fingerprint density at radius 2 is 1.87 bits per heavy atom. The molecule has 5 heterocycles. The fraction of sp³-hybridized carbons (Fsp3) is 0.429. The first-order chi connectivity index (χ1) is 18.5. The lowest BCUT2D eigenvalue weighted by molar-refractivity contribution is -0.178. The molecule has 198 valence electrons. The van der Waals surface area contributed by atoms with Crippen LogP contribution in [-0.2, 0) is 19.5 Å². The molecule has 0 amide bonds. The Labute approximate surface area is 226 Å². The van der Waals surface area contributed by atoms with E-state index in [0.717, 1.165) is 72.3 Å². The topological polar surface area (TPSA) is 95.3 Å². The number of rotatable bonds is 5. The monoisotopic (exact) mass is 550 g/mol. The van der Waals surface area contributed by atoms with Crippen molar-refractivity contribution in [2.24, 2.45) is 0 Å². The van der Waals surface area contributed by atoms with Gasteiger partial charge in [0.15, 0.2) is 11.4 Å². The predicted octanol–water partition coefficient (Wildman–Crippen LogP) is 5.22. The number of hydrogen-bond donors (Lipinski definition) is 1. The molecule has 2 aliphatic heterocycles. The summed E-state index contributed by atoms with van der Waals surface area (Å²) in [6.07, 6.45) is 9.35. The maximum atomic E-state index is 13.7. The Balaban J connectivity index is 1.31. The molecule has 0 bridgehead atoms.